The van der Waals surface area contributed by atoms with Crippen molar-refractivity contribution in [3.8, 4) is 0 Å². The Bertz CT molecular complexity index is 310. The molecule has 0 fully saturated rings. The van der Waals surface area contributed by atoms with Crippen LogP contribution in [0.1, 0.15) is 91.4 Å². The van der Waals surface area contributed by atoms with Crippen molar-refractivity contribution in [2.45, 2.75) is 97.0 Å². The number of nitrogens with one attached hydrogen (secondary N) is 1. The Hall–Kier alpha value is -1.10. The van der Waals surface area contributed by atoms with Crippen LogP contribution >= 0.6 is 0 Å². The highest BCUT2D eigenvalue weighted by Gasteiger charge is 2.12. The summed E-state index contributed by atoms with van der Waals surface area (Å²) in [5.41, 5.74) is 2.13. The minimum absolute atomic E-state index is 0.0478. The molecule has 0 spiro atoms. The van der Waals surface area contributed by atoms with E-state index in [0.29, 0.717) is 12.8 Å². The van der Waals surface area contributed by atoms with Crippen LogP contribution in [-0.2, 0) is 14.4 Å². The highest BCUT2D eigenvalue weighted by Crippen LogP contribution is 2.11. The second-order valence-corrected chi connectivity index (χ2v) is 6.82. The molecule has 0 radical (unpaired) electrons. The standard InChI is InChI=1S/C17H33NO4/c1-17(2,3)22-18-15(19)13-11-9-7-5-4-6-8-10-12-14-16(20)21/h4-14H2,1-3H3,(H,18,19)(H,20,21). The van der Waals surface area contributed by atoms with Crippen molar-refractivity contribution in [2.24, 2.45) is 0 Å². The first-order valence-corrected chi connectivity index (χ1v) is 8.50. The fourth-order valence-electron chi connectivity index (χ4n) is 2.06. The summed E-state index contributed by atoms with van der Waals surface area (Å²) in [5, 5.41) is 8.51. The largest absolute Gasteiger partial charge is 0.481 e. The van der Waals surface area contributed by atoms with Gasteiger partial charge in [-0.2, -0.15) is 0 Å². The van der Waals surface area contributed by atoms with Crippen LogP contribution in [0, 0.1) is 0 Å². The van der Waals surface area contributed by atoms with Gasteiger partial charge < -0.3 is 5.11 Å². The quantitative estimate of drug-likeness (QED) is 0.394. The molecule has 22 heavy (non-hydrogen) atoms. The Kier molecular flexibility index (Phi) is 11.8. The topological polar surface area (TPSA) is 75.6 Å². The van der Waals surface area contributed by atoms with Crippen LogP contribution in [0.15, 0.2) is 0 Å². The van der Waals surface area contributed by atoms with Gasteiger partial charge in [0.2, 0.25) is 5.91 Å². The Morgan fingerprint density at radius 2 is 1.23 bits per heavy atom. The molecule has 0 saturated heterocycles. The normalized spacial score (nSPS) is 11.4. The Morgan fingerprint density at radius 3 is 1.64 bits per heavy atom. The van der Waals surface area contributed by atoms with Crippen LogP contribution < -0.4 is 5.48 Å². The van der Waals surface area contributed by atoms with E-state index in [1.165, 1.54) is 19.3 Å². The summed E-state index contributed by atoms with van der Waals surface area (Å²) >= 11 is 0. The van der Waals surface area contributed by atoms with Gasteiger partial charge in [0.25, 0.3) is 0 Å². The SMILES string of the molecule is CC(C)(C)ONC(=O)CCCCCCCCCCCC(=O)O. The summed E-state index contributed by atoms with van der Waals surface area (Å²) in [4.78, 5) is 27.0. The number of carboxylic acids is 1. The summed E-state index contributed by atoms with van der Waals surface area (Å²) in [7, 11) is 0. The maximum atomic E-state index is 11.5. The molecule has 5 nitrogen and oxygen atoms in total. The van der Waals surface area contributed by atoms with Crippen LogP contribution in [0.4, 0.5) is 0 Å². The highest BCUT2D eigenvalue weighted by atomic mass is 16.7. The number of carbonyl (C=O) groups is 2. The lowest BCUT2D eigenvalue weighted by Gasteiger charge is -2.18. The van der Waals surface area contributed by atoms with Gasteiger partial charge in [-0.3, -0.25) is 14.4 Å². The first kappa shape index (κ1) is 20.9. The van der Waals surface area contributed by atoms with Crippen molar-refractivity contribution in [3.63, 3.8) is 0 Å². The molecule has 5 heteroatoms. The zero-order valence-corrected chi connectivity index (χ0v) is 14.5. The number of hydroxylamine groups is 1. The molecule has 0 atom stereocenters. The molecule has 0 aliphatic carbocycles. The number of rotatable bonds is 13. The Balaban J connectivity index is 3.23. The molecule has 0 aliphatic rings. The number of hydrogen-bond acceptors (Lipinski definition) is 3. The minimum atomic E-state index is -0.697. The lowest BCUT2D eigenvalue weighted by Crippen LogP contribution is -2.33. The Labute approximate surface area is 134 Å². The van der Waals surface area contributed by atoms with E-state index in [4.69, 9.17) is 9.94 Å². The molecule has 0 aromatic rings. The molecule has 2 N–H and O–H groups in total. The summed E-state index contributed by atoms with van der Waals surface area (Å²) in [6, 6.07) is 0. The van der Waals surface area contributed by atoms with E-state index in [1.54, 1.807) is 0 Å². The average molecular weight is 315 g/mol. The molecular weight excluding hydrogens is 282 g/mol. The number of amides is 1. The molecule has 0 aliphatic heterocycles. The average Bonchev–Trinajstić information content (AvgIpc) is 2.41. The molecule has 130 valence electrons. The number of carbonyl (C=O) groups excluding carboxylic acids is 1. The van der Waals surface area contributed by atoms with Crippen molar-refractivity contribution in [3.05, 3.63) is 0 Å². The summed E-state index contributed by atoms with van der Waals surface area (Å²) in [6.45, 7) is 5.69. The first-order chi connectivity index (χ1) is 10.3. The molecule has 0 unspecified atom stereocenters. The lowest BCUT2D eigenvalue weighted by atomic mass is 10.1. The van der Waals surface area contributed by atoms with Crippen LogP contribution in [0.3, 0.4) is 0 Å². The fraction of sp³-hybridized carbons (Fsp3) is 0.882. The molecule has 1 amide bonds. The predicted molar refractivity (Wildman–Crippen MR) is 87.4 cm³/mol. The summed E-state index contributed by atoms with van der Waals surface area (Å²) in [5.74, 6) is -0.745. The molecule has 0 saturated carbocycles. The van der Waals surface area contributed by atoms with E-state index in [-0.39, 0.29) is 11.5 Å². The zero-order chi connectivity index (χ0) is 16.8. The van der Waals surface area contributed by atoms with Gasteiger partial charge in [0.1, 0.15) is 0 Å². The summed E-state index contributed by atoms with van der Waals surface area (Å²) in [6.07, 6.45) is 10.4. The van der Waals surface area contributed by atoms with E-state index in [2.05, 4.69) is 5.48 Å². The highest BCUT2D eigenvalue weighted by molar-refractivity contribution is 5.74. The molecule has 0 heterocycles. The first-order valence-electron chi connectivity index (χ1n) is 8.50. The third-order valence-electron chi connectivity index (χ3n) is 3.27. The van der Waals surface area contributed by atoms with Crippen molar-refractivity contribution >= 4 is 11.9 Å². The number of carboxylic acid groups (broad SMARTS) is 1. The van der Waals surface area contributed by atoms with Crippen molar-refractivity contribution in [2.75, 3.05) is 0 Å². The van der Waals surface area contributed by atoms with Gasteiger partial charge >= 0.3 is 5.97 Å². The minimum Gasteiger partial charge on any atom is -0.481 e. The number of unbranched alkanes of at least 4 members (excludes halogenated alkanes) is 8. The van der Waals surface area contributed by atoms with E-state index >= 15 is 0 Å². The van der Waals surface area contributed by atoms with Gasteiger partial charge in [-0.1, -0.05) is 44.9 Å². The summed E-state index contributed by atoms with van der Waals surface area (Å²) < 4.78 is 0. The van der Waals surface area contributed by atoms with Gasteiger partial charge in [-0.15, -0.1) is 0 Å². The monoisotopic (exact) mass is 315 g/mol. The van der Waals surface area contributed by atoms with E-state index in [0.717, 1.165) is 38.5 Å². The Morgan fingerprint density at radius 1 is 0.818 bits per heavy atom. The molecule has 0 rings (SSSR count). The number of aliphatic carboxylic acids is 1. The predicted octanol–water partition coefficient (Wildman–Crippen LogP) is 4.21. The van der Waals surface area contributed by atoms with E-state index in [1.807, 2.05) is 20.8 Å². The van der Waals surface area contributed by atoms with Gasteiger partial charge in [0.15, 0.2) is 0 Å². The van der Waals surface area contributed by atoms with Crippen LogP contribution in [0.2, 0.25) is 0 Å². The molecular formula is C17H33NO4. The van der Waals surface area contributed by atoms with Gasteiger partial charge in [-0.05, 0) is 33.6 Å². The van der Waals surface area contributed by atoms with E-state index in [9.17, 15) is 9.59 Å². The molecule has 0 aromatic heterocycles. The van der Waals surface area contributed by atoms with Crippen LogP contribution in [0.5, 0.6) is 0 Å². The van der Waals surface area contributed by atoms with Gasteiger partial charge in [0, 0.05) is 12.8 Å². The van der Waals surface area contributed by atoms with Gasteiger partial charge in [0.05, 0.1) is 5.60 Å². The van der Waals surface area contributed by atoms with Crippen LogP contribution in [0.25, 0.3) is 0 Å². The van der Waals surface area contributed by atoms with E-state index < -0.39 is 5.97 Å². The second kappa shape index (κ2) is 12.4. The number of hydrogen-bond donors (Lipinski definition) is 2. The maximum Gasteiger partial charge on any atom is 0.303 e. The van der Waals surface area contributed by atoms with Crippen LogP contribution in [-0.4, -0.2) is 22.6 Å². The lowest BCUT2D eigenvalue weighted by molar-refractivity contribution is -0.145. The van der Waals surface area contributed by atoms with Crippen molar-refractivity contribution in [1.82, 2.24) is 5.48 Å². The zero-order valence-electron chi connectivity index (χ0n) is 14.5. The van der Waals surface area contributed by atoms with Gasteiger partial charge in [-0.25, -0.2) is 5.48 Å². The fourth-order valence-corrected chi connectivity index (χ4v) is 2.06. The maximum absolute atomic E-state index is 11.5. The van der Waals surface area contributed by atoms with Crippen molar-refractivity contribution < 1.29 is 19.5 Å². The third kappa shape index (κ3) is 17.0. The van der Waals surface area contributed by atoms with Crippen molar-refractivity contribution in [1.29, 1.82) is 0 Å². The third-order valence-corrected chi connectivity index (χ3v) is 3.27. The second-order valence-electron chi connectivity index (χ2n) is 6.82. The smallest absolute Gasteiger partial charge is 0.303 e. The molecule has 0 bridgehead atoms. The molecule has 0 aromatic carbocycles.